The Kier molecular flexibility index (Phi) is 3.31. The topological polar surface area (TPSA) is 82.0 Å². The lowest BCUT2D eigenvalue weighted by Gasteiger charge is -2.09. The molecule has 1 amide bonds. The highest BCUT2D eigenvalue weighted by atomic mass is 32.1. The minimum atomic E-state index is -0.476. The van der Waals surface area contributed by atoms with Gasteiger partial charge in [-0.3, -0.25) is 4.79 Å². The molecule has 0 aliphatic rings. The number of hydrogen-bond acceptors (Lipinski definition) is 5. The van der Waals surface area contributed by atoms with E-state index in [2.05, 4.69) is 9.97 Å². The molecule has 0 unspecified atom stereocenters. The van der Waals surface area contributed by atoms with Gasteiger partial charge in [0.1, 0.15) is 11.3 Å². The van der Waals surface area contributed by atoms with Gasteiger partial charge in [0, 0.05) is 27.8 Å². The van der Waals surface area contributed by atoms with Crippen LogP contribution < -0.4 is 5.73 Å². The fourth-order valence-corrected chi connectivity index (χ4v) is 3.03. The summed E-state index contributed by atoms with van der Waals surface area (Å²) in [6.45, 7) is 3.80. The van der Waals surface area contributed by atoms with Gasteiger partial charge in [-0.05, 0) is 31.5 Å². The first-order chi connectivity index (χ1) is 10.1. The van der Waals surface area contributed by atoms with E-state index in [1.807, 2.05) is 25.3 Å². The molecule has 3 aromatic rings. The van der Waals surface area contributed by atoms with Crippen molar-refractivity contribution in [3.63, 3.8) is 0 Å². The maximum Gasteiger partial charge on any atom is 0.249 e. The van der Waals surface area contributed by atoms with Crippen molar-refractivity contribution in [2.75, 3.05) is 0 Å². The van der Waals surface area contributed by atoms with Crippen LogP contribution in [0.1, 0.15) is 21.6 Å². The van der Waals surface area contributed by atoms with E-state index < -0.39 is 5.91 Å². The molecule has 0 radical (unpaired) electrons. The molecular weight excluding hydrogens is 286 g/mol. The van der Waals surface area contributed by atoms with Gasteiger partial charge in [-0.2, -0.15) is 0 Å². The molecule has 0 saturated carbocycles. The second-order valence-corrected chi connectivity index (χ2v) is 5.55. The summed E-state index contributed by atoms with van der Waals surface area (Å²) in [5.74, 6) is -0.0255. The molecule has 0 fully saturated rings. The summed E-state index contributed by atoms with van der Waals surface area (Å²) in [6, 6.07) is 3.62. The molecule has 0 aliphatic carbocycles. The zero-order valence-electron chi connectivity index (χ0n) is 11.6. The molecule has 0 bridgehead atoms. The van der Waals surface area contributed by atoms with Crippen molar-refractivity contribution >= 4 is 17.2 Å². The van der Waals surface area contributed by atoms with Gasteiger partial charge in [0.2, 0.25) is 11.8 Å². The van der Waals surface area contributed by atoms with Crippen LogP contribution in [0.15, 0.2) is 34.4 Å². The Morgan fingerprint density at radius 2 is 2.14 bits per heavy atom. The Bertz CT molecular complexity index is 806. The van der Waals surface area contributed by atoms with E-state index in [9.17, 15) is 4.79 Å². The van der Waals surface area contributed by atoms with Crippen molar-refractivity contribution < 1.29 is 9.21 Å². The van der Waals surface area contributed by atoms with Crippen LogP contribution in [0.4, 0.5) is 0 Å². The number of carbonyl (C=O) groups excluding carboxylic acids is 1. The number of hydrogen-bond donors (Lipinski definition) is 1. The Morgan fingerprint density at radius 3 is 2.71 bits per heavy atom. The van der Waals surface area contributed by atoms with Crippen molar-refractivity contribution in [3.8, 4) is 22.0 Å². The molecule has 5 nitrogen and oxygen atoms in total. The van der Waals surface area contributed by atoms with Crippen LogP contribution in [0.25, 0.3) is 22.0 Å². The van der Waals surface area contributed by atoms with E-state index in [-0.39, 0.29) is 0 Å². The van der Waals surface area contributed by atoms with Crippen LogP contribution in [0.2, 0.25) is 0 Å². The number of oxazole rings is 1. The first kappa shape index (κ1) is 13.5. The van der Waals surface area contributed by atoms with Gasteiger partial charge < -0.3 is 10.2 Å². The number of rotatable bonds is 3. The first-order valence-electron chi connectivity index (χ1n) is 6.33. The predicted molar refractivity (Wildman–Crippen MR) is 81.0 cm³/mol. The number of benzene rings is 1. The van der Waals surface area contributed by atoms with Crippen LogP contribution in [0, 0.1) is 13.8 Å². The average molecular weight is 299 g/mol. The normalized spacial score (nSPS) is 10.8. The van der Waals surface area contributed by atoms with Gasteiger partial charge >= 0.3 is 0 Å². The van der Waals surface area contributed by atoms with E-state index in [4.69, 9.17) is 10.2 Å². The fraction of sp³-hybridized carbons (Fsp3) is 0.133. The molecular formula is C15H13N3O2S. The third-order valence-corrected chi connectivity index (χ3v) is 4.20. The minimum Gasteiger partial charge on any atom is -0.445 e. The van der Waals surface area contributed by atoms with Crippen molar-refractivity contribution in [1.82, 2.24) is 9.97 Å². The lowest BCUT2D eigenvalue weighted by molar-refractivity contribution is 0.1000. The van der Waals surface area contributed by atoms with Gasteiger partial charge in [0.15, 0.2) is 0 Å². The first-order valence-corrected chi connectivity index (χ1v) is 7.21. The molecule has 0 spiro atoms. The molecule has 6 heteroatoms. The third-order valence-electron chi connectivity index (χ3n) is 3.20. The summed E-state index contributed by atoms with van der Waals surface area (Å²) in [4.78, 5) is 20.3. The maximum atomic E-state index is 11.7. The highest BCUT2D eigenvalue weighted by Gasteiger charge is 2.17. The summed E-state index contributed by atoms with van der Waals surface area (Å²) in [5, 5.41) is 2.82. The van der Waals surface area contributed by atoms with E-state index >= 15 is 0 Å². The summed E-state index contributed by atoms with van der Waals surface area (Å²) in [5.41, 5.74) is 9.27. The zero-order chi connectivity index (χ0) is 15.0. The number of carbonyl (C=O) groups is 1. The molecule has 2 heterocycles. The lowest BCUT2D eigenvalue weighted by Crippen LogP contribution is -2.13. The fourth-order valence-electron chi connectivity index (χ4n) is 2.16. The molecule has 21 heavy (non-hydrogen) atoms. The Morgan fingerprint density at radius 1 is 1.33 bits per heavy atom. The summed E-state index contributed by atoms with van der Waals surface area (Å²) in [7, 11) is 0. The minimum absolute atomic E-state index is 0.451. The van der Waals surface area contributed by atoms with E-state index in [1.165, 1.54) is 17.6 Å². The van der Waals surface area contributed by atoms with E-state index in [0.29, 0.717) is 17.0 Å². The van der Waals surface area contributed by atoms with Gasteiger partial charge in [-0.1, -0.05) is 0 Å². The standard InChI is InChI=1S/C15H13N3O2S/c1-8-7-21-15(18-8)12-6-10(14-17-3-4-20-14)5-11(9(12)2)13(16)19/h3-7H,1-2H3,(H2,16,19). The number of primary amides is 1. The molecule has 3 rings (SSSR count). The van der Waals surface area contributed by atoms with Crippen molar-refractivity contribution in [3.05, 3.63) is 46.8 Å². The predicted octanol–water partition coefficient (Wildman–Crippen LogP) is 3.18. The highest BCUT2D eigenvalue weighted by molar-refractivity contribution is 7.13. The monoisotopic (exact) mass is 299 g/mol. The SMILES string of the molecule is Cc1csc(-c2cc(-c3ncco3)cc(C(N)=O)c2C)n1. The van der Waals surface area contributed by atoms with E-state index in [1.54, 1.807) is 12.3 Å². The largest absolute Gasteiger partial charge is 0.445 e. The van der Waals surface area contributed by atoms with Gasteiger partial charge in [-0.25, -0.2) is 9.97 Å². The summed E-state index contributed by atoms with van der Waals surface area (Å²) < 4.78 is 5.31. The average Bonchev–Trinajstić information content (AvgIpc) is 3.10. The Hall–Kier alpha value is -2.47. The maximum absolute atomic E-state index is 11.7. The highest BCUT2D eigenvalue weighted by Crippen LogP contribution is 2.33. The lowest BCUT2D eigenvalue weighted by atomic mass is 9.98. The molecule has 1 aromatic carbocycles. The molecule has 0 aliphatic heterocycles. The summed E-state index contributed by atoms with van der Waals surface area (Å²) >= 11 is 1.53. The van der Waals surface area contributed by atoms with E-state index in [0.717, 1.165) is 21.8 Å². The Balaban J connectivity index is 2.25. The van der Waals surface area contributed by atoms with Gasteiger partial charge in [0.25, 0.3) is 0 Å². The number of nitrogens with zero attached hydrogens (tertiary/aromatic N) is 2. The second-order valence-electron chi connectivity index (χ2n) is 4.69. The number of aromatic nitrogens is 2. The number of amides is 1. The number of aryl methyl sites for hydroxylation is 1. The summed E-state index contributed by atoms with van der Waals surface area (Å²) in [6.07, 6.45) is 3.05. The van der Waals surface area contributed by atoms with Crippen LogP contribution in [-0.2, 0) is 0 Å². The van der Waals surface area contributed by atoms with Gasteiger partial charge in [0.05, 0.1) is 6.20 Å². The molecule has 2 N–H and O–H groups in total. The molecule has 106 valence electrons. The smallest absolute Gasteiger partial charge is 0.249 e. The number of thiazole rings is 1. The van der Waals surface area contributed by atoms with Crippen LogP contribution >= 0.6 is 11.3 Å². The molecule has 2 aromatic heterocycles. The number of nitrogens with two attached hydrogens (primary N) is 1. The third kappa shape index (κ3) is 2.45. The van der Waals surface area contributed by atoms with Crippen molar-refractivity contribution in [2.24, 2.45) is 5.73 Å². The van der Waals surface area contributed by atoms with Crippen LogP contribution in [-0.4, -0.2) is 15.9 Å². The van der Waals surface area contributed by atoms with Crippen molar-refractivity contribution in [2.45, 2.75) is 13.8 Å². The van der Waals surface area contributed by atoms with Crippen LogP contribution in [0.5, 0.6) is 0 Å². The zero-order valence-corrected chi connectivity index (χ0v) is 12.4. The molecule has 0 atom stereocenters. The van der Waals surface area contributed by atoms with Gasteiger partial charge in [-0.15, -0.1) is 11.3 Å². The second kappa shape index (κ2) is 5.14. The van der Waals surface area contributed by atoms with Crippen LogP contribution in [0.3, 0.4) is 0 Å². The Labute approximate surface area is 125 Å². The molecule has 0 saturated heterocycles. The quantitative estimate of drug-likeness (QED) is 0.805. The van der Waals surface area contributed by atoms with Crippen molar-refractivity contribution in [1.29, 1.82) is 0 Å².